The van der Waals surface area contributed by atoms with Gasteiger partial charge in [-0.2, -0.15) is 0 Å². The van der Waals surface area contributed by atoms with Crippen molar-refractivity contribution in [1.82, 2.24) is 20.3 Å². The molecule has 1 saturated carbocycles. The second-order valence-electron chi connectivity index (χ2n) is 5.82. The first-order valence-corrected chi connectivity index (χ1v) is 7.62. The van der Waals surface area contributed by atoms with E-state index in [4.69, 9.17) is 0 Å². The van der Waals surface area contributed by atoms with Gasteiger partial charge < -0.3 is 10.4 Å². The number of carbonyl (C=O) groups is 1. The zero-order valence-electron chi connectivity index (χ0n) is 12.6. The molecule has 22 heavy (non-hydrogen) atoms. The fourth-order valence-electron chi connectivity index (χ4n) is 2.71. The molecular formula is C16H20N4O2. The molecule has 6 nitrogen and oxygen atoms in total. The zero-order chi connectivity index (χ0) is 15.5. The van der Waals surface area contributed by atoms with E-state index < -0.39 is 6.10 Å². The van der Waals surface area contributed by atoms with Crippen LogP contribution in [0.4, 0.5) is 0 Å². The van der Waals surface area contributed by atoms with Crippen LogP contribution in [0, 0.1) is 6.92 Å². The minimum atomic E-state index is -0.468. The number of nitrogens with zero attached hydrogens (tertiary/aromatic N) is 3. The highest BCUT2D eigenvalue weighted by atomic mass is 16.3. The number of amides is 1. The van der Waals surface area contributed by atoms with Gasteiger partial charge in [-0.3, -0.25) is 4.79 Å². The number of aromatic nitrogens is 3. The topological polar surface area (TPSA) is 80.0 Å². The third-order valence-electron chi connectivity index (χ3n) is 4.07. The first-order chi connectivity index (χ1) is 10.6. The van der Waals surface area contributed by atoms with Crippen LogP contribution < -0.4 is 5.32 Å². The Bertz CT molecular complexity index is 650. The Labute approximate surface area is 129 Å². The average molecular weight is 300 g/mol. The fourth-order valence-corrected chi connectivity index (χ4v) is 2.71. The SMILES string of the molecule is Cc1ccc(-n2cc(C(=O)NC3CCCCC3O)nn2)cc1. The number of aliphatic hydroxyl groups is 1. The molecule has 0 saturated heterocycles. The first kappa shape index (κ1) is 14.7. The lowest BCUT2D eigenvalue weighted by Crippen LogP contribution is -2.45. The first-order valence-electron chi connectivity index (χ1n) is 7.62. The van der Waals surface area contributed by atoms with Gasteiger partial charge in [0.15, 0.2) is 5.69 Å². The second-order valence-corrected chi connectivity index (χ2v) is 5.82. The van der Waals surface area contributed by atoms with Crippen molar-refractivity contribution in [2.45, 2.75) is 44.8 Å². The third kappa shape index (κ3) is 3.17. The molecule has 1 fully saturated rings. The normalized spacial score (nSPS) is 21.5. The van der Waals surface area contributed by atoms with E-state index in [-0.39, 0.29) is 17.6 Å². The Morgan fingerprint density at radius 1 is 1.27 bits per heavy atom. The quantitative estimate of drug-likeness (QED) is 0.902. The van der Waals surface area contributed by atoms with Gasteiger partial charge in [-0.25, -0.2) is 4.68 Å². The van der Waals surface area contributed by atoms with Crippen molar-refractivity contribution in [3.63, 3.8) is 0 Å². The Kier molecular flexibility index (Phi) is 4.20. The minimum absolute atomic E-state index is 0.189. The standard InChI is InChI=1S/C16H20N4O2/c1-11-6-8-12(9-7-11)20-10-14(18-19-20)16(22)17-13-4-2-3-5-15(13)21/h6-10,13,15,21H,2-5H2,1H3,(H,17,22). The van der Waals surface area contributed by atoms with Crippen LogP contribution in [0.3, 0.4) is 0 Å². The lowest BCUT2D eigenvalue weighted by atomic mass is 9.92. The van der Waals surface area contributed by atoms with Gasteiger partial charge in [0.1, 0.15) is 0 Å². The van der Waals surface area contributed by atoms with Gasteiger partial charge in [0.25, 0.3) is 5.91 Å². The fraction of sp³-hybridized carbons (Fsp3) is 0.438. The Hall–Kier alpha value is -2.21. The number of aliphatic hydroxyl groups excluding tert-OH is 1. The van der Waals surface area contributed by atoms with Crippen LogP contribution in [0.25, 0.3) is 5.69 Å². The summed E-state index contributed by atoms with van der Waals surface area (Å²) in [6.45, 7) is 2.01. The maximum Gasteiger partial charge on any atom is 0.273 e. The van der Waals surface area contributed by atoms with Crippen molar-refractivity contribution >= 4 is 5.91 Å². The predicted octanol–water partition coefficient (Wildman–Crippen LogP) is 1.61. The Balaban J connectivity index is 1.70. The van der Waals surface area contributed by atoms with Crippen molar-refractivity contribution < 1.29 is 9.90 Å². The van der Waals surface area contributed by atoms with Crippen molar-refractivity contribution in [2.24, 2.45) is 0 Å². The second kappa shape index (κ2) is 6.27. The van der Waals surface area contributed by atoms with E-state index in [1.807, 2.05) is 31.2 Å². The van der Waals surface area contributed by atoms with E-state index in [0.717, 1.165) is 36.9 Å². The van der Waals surface area contributed by atoms with Crippen molar-refractivity contribution in [3.8, 4) is 5.69 Å². The number of benzene rings is 1. The largest absolute Gasteiger partial charge is 0.391 e. The van der Waals surface area contributed by atoms with E-state index in [9.17, 15) is 9.90 Å². The molecule has 1 aliphatic rings. The van der Waals surface area contributed by atoms with E-state index in [1.54, 1.807) is 10.9 Å². The summed E-state index contributed by atoms with van der Waals surface area (Å²) in [5.74, 6) is -0.288. The van der Waals surface area contributed by atoms with Crippen LogP contribution >= 0.6 is 0 Å². The Morgan fingerprint density at radius 2 is 2.00 bits per heavy atom. The predicted molar refractivity (Wildman–Crippen MR) is 81.8 cm³/mol. The summed E-state index contributed by atoms with van der Waals surface area (Å²) in [6.07, 6.45) is 4.72. The molecule has 1 aromatic heterocycles. The van der Waals surface area contributed by atoms with E-state index >= 15 is 0 Å². The summed E-state index contributed by atoms with van der Waals surface area (Å²) >= 11 is 0. The molecule has 2 atom stereocenters. The third-order valence-corrected chi connectivity index (χ3v) is 4.07. The van der Waals surface area contributed by atoms with Gasteiger partial charge in [0.2, 0.25) is 0 Å². The number of hydrogen-bond donors (Lipinski definition) is 2. The molecule has 0 bridgehead atoms. The summed E-state index contributed by atoms with van der Waals surface area (Å²) in [5.41, 5.74) is 2.28. The van der Waals surface area contributed by atoms with Crippen molar-refractivity contribution in [3.05, 3.63) is 41.7 Å². The lowest BCUT2D eigenvalue weighted by Gasteiger charge is -2.27. The summed E-state index contributed by atoms with van der Waals surface area (Å²) in [6, 6.07) is 7.63. The van der Waals surface area contributed by atoms with Crippen LogP contribution in [-0.4, -0.2) is 38.2 Å². The smallest absolute Gasteiger partial charge is 0.273 e. The molecule has 1 amide bonds. The summed E-state index contributed by atoms with van der Waals surface area (Å²) in [5, 5.41) is 20.7. The molecule has 116 valence electrons. The molecule has 0 spiro atoms. The van der Waals surface area contributed by atoms with Crippen LogP contribution in [0.15, 0.2) is 30.5 Å². The number of carbonyl (C=O) groups excluding carboxylic acids is 1. The molecule has 0 radical (unpaired) electrons. The molecule has 1 aliphatic carbocycles. The molecular weight excluding hydrogens is 280 g/mol. The van der Waals surface area contributed by atoms with Gasteiger partial charge in [-0.05, 0) is 31.9 Å². The monoisotopic (exact) mass is 300 g/mol. The van der Waals surface area contributed by atoms with E-state index in [0.29, 0.717) is 0 Å². The van der Waals surface area contributed by atoms with E-state index in [2.05, 4.69) is 15.6 Å². The maximum atomic E-state index is 12.2. The summed E-state index contributed by atoms with van der Waals surface area (Å²) < 4.78 is 1.58. The van der Waals surface area contributed by atoms with Gasteiger partial charge in [0, 0.05) is 0 Å². The number of nitrogens with one attached hydrogen (secondary N) is 1. The number of aryl methyl sites for hydroxylation is 1. The molecule has 2 N–H and O–H groups in total. The summed E-state index contributed by atoms with van der Waals surface area (Å²) in [4.78, 5) is 12.2. The minimum Gasteiger partial charge on any atom is -0.391 e. The van der Waals surface area contributed by atoms with Gasteiger partial charge in [-0.15, -0.1) is 5.10 Å². The molecule has 1 aromatic carbocycles. The highest BCUT2D eigenvalue weighted by molar-refractivity contribution is 5.92. The Morgan fingerprint density at radius 3 is 2.73 bits per heavy atom. The van der Waals surface area contributed by atoms with E-state index in [1.165, 1.54) is 0 Å². The van der Waals surface area contributed by atoms with Crippen molar-refractivity contribution in [1.29, 1.82) is 0 Å². The molecule has 3 rings (SSSR count). The number of rotatable bonds is 3. The average Bonchev–Trinajstić information content (AvgIpc) is 3.00. The number of hydrogen-bond acceptors (Lipinski definition) is 4. The van der Waals surface area contributed by atoms with Gasteiger partial charge in [-0.1, -0.05) is 35.8 Å². The van der Waals surface area contributed by atoms with Crippen LogP contribution in [0.5, 0.6) is 0 Å². The lowest BCUT2D eigenvalue weighted by molar-refractivity contribution is 0.0713. The van der Waals surface area contributed by atoms with Crippen LogP contribution in [-0.2, 0) is 0 Å². The zero-order valence-corrected chi connectivity index (χ0v) is 12.6. The highest BCUT2D eigenvalue weighted by Crippen LogP contribution is 2.18. The molecule has 6 heteroatoms. The molecule has 1 heterocycles. The maximum absolute atomic E-state index is 12.2. The van der Waals surface area contributed by atoms with Crippen molar-refractivity contribution in [2.75, 3.05) is 0 Å². The molecule has 2 unspecified atom stereocenters. The van der Waals surface area contributed by atoms with Crippen LogP contribution in [0.2, 0.25) is 0 Å². The summed E-state index contributed by atoms with van der Waals surface area (Å²) in [7, 11) is 0. The van der Waals surface area contributed by atoms with Gasteiger partial charge >= 0.3 is 0 Å². The molecule has 2 aromatic rings. The van der Waals surface area contributed by atoms with Gasteiger partial charge in [0.05, 0.1) is 24.0 Å². The molecule has 0 aliphatic heterocycles. The van der Waals surface area contributed by atoms with Crippen LogP contribution in [0.1, 0.15) is 41.7 Å². The highest BCUT2D eigenvalue weighted by Gasteiger charge is 2.25.